The molecule has 0 saturated carbocycles. The molecule has 0 atom stereocenters. The Balaban J connectivity index is 1.93. The number of fused-ring (bicyclic) bond motifs is 7. The van der Waals surface area contributed by atoms with Gasteiger partial charge in [0, 0.05) is 10.8 Å². The minimum atomic E-state index is 0.650. The predicted molar refractivity (Wildman–Crippen MR) is 122 cm³/mol. The highest BCUT2D eigenvalue weighted by atomic mass is 14.8. The van der Waals surface area contributed by atoms with Crippen LogP contribution in [0.5, 0.6) is 0 Å². The molecule has 1 heterocycles. The lowest BCUT2D eigenvalue weighted by Crippen LogP contribution is -1.95. The number of rotatable bonds is 1. The molecule has 0 aliphatic rings. The number of nitrogens with two attached hydrogens (primary N) is 1. The van der Waals surface area contributed by atoms with Gasteiger partial charge in [-0.3, -0.25) is 0 Å². The summed E-state index contributed by atoms with van der Waals surface area (Å²) in [5.41, 5.74) is 12.6. The molecule has 136 valence electrons. The van der Waals surface area contributed by atoms with Crippen molar-refractivity contribution in [2.24, 2.45) is 0 Å². The minimum absolute atomic E-state index is 0.650. The predicted octanol–water partition coefficient (Wildman–Crippen LogP) is 6.34. The van der Waals surface area contributed by atoms with Crippen LogP contribution >= 0.6 is 0 Å². The SMILES string of the molecule is Nc1cccc2nc3c(nc12)c1ccccc1c1cccc(-c2ccccc2)c13. The van der Waals surface area contributed by atoms with Crippen molar-refractivity contribution >= 4 is 49.3 Å². The summed E-state index contributed by atoms with van der Waals surface area (Å²) in [4.78, 5) is 10.1. The van der Waals surface area contributed by atoms with Crippen LogP contribution in [-0.4, -0.2) is 9.97 Å². The van der Waals surface area contributed by atoms with Gasteiger partial charge in [-0.05, 0) is 34.0 Å². The number of benzene rings is 5. The van der Waals surface area contributed by atoms with E-state index in [1.165, 1.54) is 16.3 Å². The zero-order chi connectivity index (χ0) is 19.4. The maximum atomic E-state index is 6.22. The van der Waals surface area contributed by atoms with Crippen molar-refractivity contribution in [2.75, 3.05) is 5.73 Å². The van der Waals surface area contributed by atoms with Crippen LogP contribution in [0, 0.1) is 0 Å². The number of anilines is 1. The van der Waals surface area contributed by atoms with E-state index in [0.717, 1.165) is 38.4 Å². The lowest BCUT2D eigenvalue weighted by Gasteiger charge is -2.14. The number of hydrogen-bond donors (Lipinski definition) is 1. The van der Waals surface area contributed by atoms with Crippen LogP contribution in [0.1, 0.15) is 0 Å². The number of nitrogen functional groups attached to an aromatic ring is 1. The van der Waals surface area contributed by atoms with Gasteiger partial charge in [-0.15, -0.1) is 0 Å². The summed E-state index contributed by atoms with van der Waals surface area (Å²) in [5.74, 6) is 0. The van der Waals surface area contributed by atoms with Crippen LogP contribution in [0.2, 0.25) is 0 Å². The summed E-state index contributed by atoms with van der Waals surface area (Å²) >= 11 is 0. The van der Waals surface area contributed by atoms with Crippen LogP contribution in [0.15, 0.2) is 91.0 Å². The average Bonchev–Trinajstić information content (AvgIpc) is 2.79. The monoisotopic (exact) mass is 371 g/mol. The Kier molecular flexibility index (Phi) is 3.32. The van der Waals surface area contributed by atoms with E-state index < -0.39 is 0 Å². The van der Waals surface area contributed by atoms with Crippen LogP contribution < -0.4 is 5.73 Å². The van der Waals surface area contributed by atoms with E-state index in [0.29, 0.717) is 5.69 Å². The number of nitrogens with zero attached hydrogens (tertiary/aromatic N) is 2. The molecule has 3 heteroatoms. The molecule has 0 fully saturated rings. The summed E-state index contributed by atoms with van der Waals surface area (Å²) in [5, 5.41) is 4.59. The normalized spacial score (nSPS) is 11.6. The summed E-state index contributed by atoms with van der Waals surface area (Å²) < 4.78 is 0. The molecule has 0 bridgehead atoms. The molecule has 0 unspecified atom stereocenters. The van der Waals surface area contributed by atoms with Crippen LogP contribution in [0.4, 0.5) is 5.69 Å². The van der Waals surface area contributed by atoms with E-state index in [9.17, 15) is 0 Å². The molecule has 0 saturated heterocycles. The summed E-state index contributed by atoms with van der Waals surface area (Å²) in [6.45, 7) is 0. The van der Waals surface area contributed by atoms with Crippen molar-refractivity contribution in [3.05, 3.63) is 91.0 Å². The van der Waals surface area contributed by atoms with E-state index in [2.05, 4.69) is 66.7 Å². The standard InChI is InChI=1S/C26H17N3/c27-21-14-7-15-22-25(21)29-24-20-11-5-4-10-18(20)19-13-6-12-17(23(19)26(24)28-22)16-8-2-1-3-9-16/h1-15H,27H2. The van der Waals surface area contributed by atoms with Gasteiger partial charge in [0.2, 0.25) is 0 Å². The zero-order valence-electron chi connectivity index (χ0n) is 15.6. The second-order valence-corrected chi connectivity index (χ2v) is 7.28. The second kappa shape index (κ2) is 6.01. The van der Waals surface area contributed by atoms with Gasteiger partial charge < -0.3 is 5.73 Å². The van der Waals surface area contributed by atoms with Crippen LogP contribution in [-0.2, 0) is 0 Å². The molecular formula is C26H17N3. The quantitative estimate of drug-likeness (QED) is 0.208. The Bertz CT molecular complexity index is 1550. The van der Waals surface area contributed by atoms with Gasteiger partial charge in [0.15, 0.2) is 0 Å². The Morgan fingerprint density at radius 3 is 2.10 bits per heavy atom. The lowest BCUT2D eigenvalue weighted by atomic mass is 9.93. The molecule has 0 aliphatic carbocycles. The van der Waals surface area contributed by atoms with Crippen molar-refractivity contribution in [1.82, 2.24) is 9.97 Å². The largest absolute Gasteiger partial charge is 0.397 e. The summed E-state index contributed by atoms with van der Waals surface area (Å²) in [6.07, 6.45) is 0. The molecule has 6 rings (SSSR count). The molecule has 1 aromatic heterocycles. The molecule has 0 spiro atoms. The first kappa shape index (κ1) is 16.0. The number of hydrogen-bond acceptors (Lipinski definition) is 3. The molecule has 0 aliphatic heterocycles. The number of para-hydroxylation sites is 1. The average molecular weight is 371 g/mol. The Morgan fingerprint density at radius 1 is 0.517 bits per heavy atom. The third kappa shape index (κ3) is 2.31. The molecule has 6 aromatic rings. The van der Waals surface area contributed by atoms with E-state index in [1.54, 1.807) is 0 Å². The molecule has 0 radical (unpaired) electrons. The molecular weight excluding hydrogens is 354 g/mol. The highest BCUT2D eigenvalue weighted by Gasteiger charge is 2.16. The topological polar surface area (TPSA) is 51.8 Å². The van der Waals surface area contributed by atoms with Crippen LogP contribution in [0.3, 0.4) is 0 Å². The molecule has 0 amide bonds. The second-order valence-electron chi connectivity index (χ2n) is 7.28. The minimum Gasteiger partial charge on any atom is -0.397 e. The van der Waals surface area contributed by atoms with Gasteiger partial charge >= 0.3 is 0 Å². The van der Waals surface area contributed by atoms with Gasteiger partial charge in [0.25, 0.3) is 0 Å². The maximum absolute atomic E-state index is 6.22. The maximum Gasteiger partial charge on any atom is 0.112 e. The third-order valence-electron chi connectivity index (χ3n) is 5.58. The van der Waals surface area contributed by atoms with Crippen molar-refractivity contribution in [1.29, 1.82) is 0 Å². The van der Waals surface area contributed by atoms with Crippen molar-refractivity contribution in [3.8, 4) is 11.1 Å². The fraction of sp³-hybridized carbons (Fsp3) is 0. The summed E-state index contributed by atoms with van der Waals surface area (Å²) in [6, 6.07) is 31.1. The highest BCUT2D eigenvalue weighted by molar-refractivity contribution is 6.27. The zero-order valence-corrected chi connectivity index (χ0v) is 15.6. The summed E-state index contributed by atoms with van der Waals surface area (Å²) in [7, 11) is 0. The van der Waals surface area contributed by atoms with Gasteiger partial charge in [-0.25, -0.2) is 9.97 Å². The van der Waals surface area contributed by atoms with E-state index >= 15 is 0 Å². The molecule has 5 aromatic carbocycles. The van der Waals surface area contributed by atoms with Gasteiger partial charge in [-0.1, -0.05) is 78.9 Å². The molecule has 3 nitrogen and oxygen atoms in total. The Hall–Kier alpha value is -3.98. The van der Waals surface area contributed by atoms with E-state index in [1.807, 2.05) is 24.3 Å². The molecule has 29 heavy (non-hydrogen) atoms. The fourth-order valence-corrected chi connectivity index (χ4v) is 4.28. The smallest absolute Gasteiger partial charge is 0.112 e. The Labute approximate surface area is 167 Å². The van der Waals surface area contributed by atoms with Crippen molar-refractivity contribution < 1.29 is 0 Å². The van der Waals surface area contributed by atoms with E-state index in [4.69, 9.17) is 15.7 Å². The van der Waals surface area contributed by atoms with Gasteiger partial charge in [0.1, 0.15) is 5.52 Å². The third-order valence-corrected chi connectivity index (χ3v) is 5.58. The molecule has 2 N–H and O–H groups in total. The van der Waals surface area contributed by atoms with Crippen LogP contribution in [0.25, 0.3) is 54.7 Å². The highest BCUT2D eigenvalue weighted by Crippen LogP contribution is 2.39. The van der Waals surface area contributed by atoms with Gasteiger partial charge in [-0.2, -0.15) is 0 Å². The first-order valence-electron chi connectivity index (χ1n) is 9.66. The van der Waals surface area contributed by atoms with Crippen molar-refractivity contribution in [2.45, 2.75) is 0 Å². The first-order chi connectivity index (χ1) is 14.3. The van der Waals surface area contributed by atoms with Gasteiger partial charge in [0.05, 0.1) is 22.2 Å². The van der Waals surface area contributed by atoms with Crippen molar-refractivity contribution in [3.63, 3.8) is 0 Å². The lowest BCUT2D eigenvalue weighted by molar-refractivity contribution is 1.42. The fourth-order valence-electron chi connectivity index (χ4n) is 4.28. The number of aromatic nitrogens is 2. The Morgan fingerprint density at radius 2 is 1.24 bits per heavy atom. The van der Waals surface area contributed by atoms with E-state index in [-0.39, 0.29) is 0 Å². The first-order valence-corrected chi connectivity index (χ1v) is 9.66.